The molecule has 1 saturated heterocycles. The van der Waals surface area contributed by atoms with Gasteiger partial charge in [-0.2, -0.15) is 0 Å². The summed E-state index contributed by atoms with van der Waals surface area (Å²) in [5, 5.41) is 8.36. The van der Waals surface area contributed by atoms with Crippen molar-refractivity contribution in [1.82, 2.24) is 0 Å². The van der Waals surface area contributed by atoms with Gasteiger partial charge in [0.15, 0.2) is 0 Å². The van der Waals surface area contributed by atoms with Crippen LogP contribution in [0.2, 0.25) is 0 Å². The second-order valence-corrected chi connectivity index (χ2v) is 1.51. The molecule has 1 aliphatic heterocycles. The second-order valence-electron chi connectivity index (χ2n) is 1.51. The van der Waals surface area contributed by atoms with Gasteiger partial charge >= 0.3 is 0 Å². The highest BCUT2D eigenvalue weighted by molar-refractivity contribution is 4.54. The second kappa shape index (κ2) is 2.26. The van der Waals surface area contributed by atoms with E-state index >= 15 is 0 Å². The summed E-state index contributed by atoms with van der Waals surface area (Å²) in [6.07, 6.45) is 0.747. The number of aliphatic hydroxyl groups excluding tert-OH is 1. The summed E-state index contributed by atoms with van der Waals surface area (Å²) in [5.74, 6) is 0. The van der Waals surface area contributed by atoms with Crippen LogP contribution in [0.25, 0.3) is 0 Å². The molecule has 1 rings (SSSR count). The molecule has 0 aromatic carbocycles. The molecule has 1 aliphatic rings. The molecular weight excluding hydrogens is 96.0 g/mol. The molecule has 0 bridgehead atoms. The first-order chi connectivity index (χ1) is 3.43. The van der Waals surface area contributed by atoms with Gasteiger partial charge in [0.05, 0.1) is 13.2 Å². The Balaban J connectivity index is 2.14. The van der Waals surface area contributed by atoms with Gasteiger partial charge in [-0.15, -0.1) is 0 Å². The maximum atomic E-state index is 8.36. The summed E-state index contributed by atoms with van der Waals surface area (Å²) in [6.45, 7) is 0.686. The Morgan fingerprint density at radius 1 is 1.71 bits per heavy atom. The van der Waals surface area contributed by atoms with E-state index in [1.54, 1.807) is 0 Å². The van der Waals surface area contributed by atoms with Crippen molar-refractivity contribution in [3.63, 3.8) is 0 Å². The van der Waals surface area contributed by atoms with E-state index in [1.807, 2.05) is 0 Å². The van der Waals surface area contributed by atoms with Crippen molar-refractivity contribution >= 4 is 0 Å². The average Bonchev–Trinajstić information content (AvgIpc) is 2.14. The van der Waals surface area contributed by atoms with E-state index in [9.17, 15) is 0 Å². The molecule has 1 fully saturated rings. The lowest BCUT2D eigenvalue weighted by Crippen LogP contribution is -2.08. The fourth-order valence-corrected chi connectivity index (χ4v) is 0.494. The lowest BCUT2D eigenvalue weighted by molar-refractivity contribution is -0.278. The minimum Gasteiger partial charge on any atom is -0.394 e. The van der Waals surface area contributed by atoms with Gasteiger partial charge in [-0.3, -0.25) is 0 Å². The maximum Gasteiger partial charge on any atom is 0.118 e. The van der Waals surface area contributed by atoms with Gasteiger partial charge in [0, 0.05) is 6.42 Å². The van der Waals surface area contributed by atoms with Gasteiger partial charge in [0.1, 0.15) is 6.10 Å². The Morgan fingerprint density at radius 2 is 2.57 bits per heavy atom. The molecule has 0 aromatic rings. The molecule has 3 nitrogen and oxygen atoms in total. The first-order valence-corrected chi connectivity index (χ1v) is 2.32. The van der Waals surface area contributed by atoms with Crippen LogP contribution in [0.15, 0.2) is 0 Å². The summed E-state index contributed by atoms with van der Waals surface area (Å²) >= 11 is 0. The smallest absolute Gasteiger partial charge is 0.118 e. The first-order valence-electron chi connectivity index (χ1n) is 2.32. The zero-order chi connectivity index (χ0) is 5.11. The fraction of sp³-hybridized carbons (Fsp3) is 1.00. The van der Waals surface area contributed by atoms with Gasteiger partial charge in [0.25, 0.3) is 0 Å². The van der Waals surface area contributed by atoms with Gasteiger partial charge in [0.2, 0.25) is 0 Å². The summed E-state index contributed by atoms with van der Waals surface area (Å²) in [7, 11) is 0. The van der Waals surface area contributed by atoms with Crippen LogP contribution in [0.1, 0.15) is 6.42 Å². The molecular formula is C4H8O3. The Hall–Kier alpha value is -0.120. The predicted octanol–water partition coefficient (Wildman–Crippen LogP) is -0.301. The zero-order valence-corrected chi connectivity index (χ0v) is 3.96. The molecule has 0 radical (unpaired) electrons. The Labute approximate surface area is 41.8 Å². The van der Waals surface area contributed by atoms with Crippen LogP contribution < -0.4 is 0 Å². The quantitative estimate of drug-likeness (QED) is 0.464. The normalized spacial score (nSPS) is 31.3. The zero-order valence-electron chi connectivity index (χ0n) is 3.96. The fourth-order valence-electron chi connectivity index (χ4n) is 0.494. The molecule has 1 heterocycles. The first kappa shape index (κ1) is 5.03. The lowest BCUT2D eigenvalue weighted by Gasteiger charge is -1.97. The molecule has 1 atom stereocenters. The van der Waals surface area contributed by atoms with E-state index in [1.165, 1.54) is 0 Å². The van der Waals surface area contributed by atoms with E-state index < -0.39 is 0 Å². The summed E-state index contributed by atoms with van der Waals surface area (Å²) in [4.78, 5) is 9.04. The molecule has 1 N–H and O–H groups in total. The summed E-state index contributed by atoms with van der Waals surface area (Å²) < 4.78 is 0. The molecule has 0 amide bonds. The average molecular weight is 104 g/mol. The Kier molecular flexibility index (Phi) is 1.62. The van der Waals surface area contributed by atoms with Crippen LogP contribution in [0, 0.1) is 0 Å². The molecule has 0 spiro atoms. The third kappa shape index (κ3) is 1.12. The molecule has 7 heavy (non-hydrogen) atoms. The van der Waals surface area contributed by atoms with E-state index in [-0.39, 0.29) is 12.7 Å². The van der Waals surface area contributed by atoms with Crippen molar-refractivity contribution in [3.05, 3.63) is 0 Å². The molecule has 0 saturated carbocycles. The predicted molar refractivity (Wildman–Crippen MR) is 22.5 cm³/mol. The molecule has 0 aliphatic carbocycles. The van der Waals surface area contributed by atoms with Gasteiger partial charge in [-0.1, -0.05) is 0 Å². The molecule has 3 heteroatoms. The third-order valence-electron chi connectivity index (χ3n) is 0.931. The van der Waals surface area contributed by atoms with Crippen LogP contribution in [0.4, 0.5) is 0 Å². The van der Waals surface area contributed by atoms with Crippen molar-refractivity contribution in [3.8, 4) is 0 Å². The minimum atomic E-state index is -0.0694. The van der Waals surface area contributed by atoms with Crippen molar-refractivity contribution in [2.45, 2.75) is 12.5 Å². The SMILES string of the molecule is OCC1CCOO1. The minimum absolute atomic E-state index is 0.0694. The number of hydrogen-bond donors (Lipinski definition) is 1. The van der Waals surface area contributed by atoms with Crippen LogP contribution in [0.5, 0.6) is 0 Å². The van der Waals surface area contributed by atoms with Crippen LogP contribution in [0.3, 0.4) is 0 Å². The van der Waals surface area contributed by atoms with E-state index in [2.05, 4.69) is 9.78 Å². The Morgan fingerprint density at radius 3 is 2.86 bits per heavy atom. The lowest BCUT2D eigenvalue weighted by atomic mass is 10.3. The molecule has 42 valence electrons. The van der Waals surface area contributed by atoms with Crippen molar-refractivity contribution in [2.75, 3.05) is 13.2 Å². The van der Waals surface area contributed by atoms with Crippen LogP contribution in [-0.2, 0) is 9.78 Å². The maximum absolute atomic E-state index is 8.36. The largest absolute Gasteiger partial charge is 0.394 e. The van der Waals surface area contributed by atoms with Crippen LogP contribution >= 0.6 is 0 Å². The summed E-state index contributed by atoms with van der Waals surface area (Å²) in [6, 6.07) is 0. The van der Waals surface area contributed by atoms with Gasteiger partial charge in [-0.05, 0) is 0 Å². The van der Waals surface area contributed by atoms with Crippen LogP contribution in [-0.4, -0.2) is 24.4 Å². The summed E-state index contributed by atoms with van der Waals surface area (Å²) in [5.41, 5.74) is 0. The van der Waals surface area contributed by atoms with Crippen molar-refractivity contribution in [2.24, 2.45) is 0 Å². The van der Waals surface area contributed by atoms with E-state index in [0.717, 1.165) is 6.42 Å². The number of rotatable bonds is 1. The number of aliphatic hydroxyl groups is 1. The van der Waals surface area contributed by atoms with E-state index in [4.69, 9.17) is 5.11 Å². The van der Waals surface area contributed by atoms with Gasteiger partial charge in [-0.25, -0.2) is 9.78 Å². The monoisotopic (exact) mass is 104 g/mol. The third-order valence-corrected chi connectivity index (χ3v) is 0.931. The highest BCUT2D eigenvalue weighted by Gasteiger charge is 2.14. The standard InChI is InChI=1S/C4H8O3/c5-3-4-1-2-6-7-4/h4-5H,1-3H2. The highest BCUT2D eigenvalue weighted by Crippen LogP contribution is 2.06. The number of hydrogen-bond acceptors (Lipinski definition) is 3. The van der Waals surface area contributed by atoms with Crippen molar-refractivity contribution in [1.29, 1.82) is 0 Å². The van der Waals surface area contributed by atoms with Gasteiger partial charge < -0.3 is 5.11 Å². The van der Waals surface area contributed by atoms with E-state index in [0.29, 0.717) is 6.61 Å². The Bertz CT molecular complexity index is 48.9. The highest BCUT2D eigenvalue weighted by atomic mass is 17.2. The molecule has 1 unspecified atom stereocenters. The molecule has 0 aromatic heterocycles. The van der Waals surface area contributed by atoms with Crippen molar-refractivity contribution < 1.29 is 14.9 Å². The topological polar surface area (TPSA) is 38.7 Å².